The molecule has 0 spiro atoms. The van der Waals surface area contributed by atoms with Gasteiger partial charge in [0.2, 0.25) is 0 Å². The van der Waals surface area contributed by atoms with Crippen LogP contribution in [-0.2, 0) is 6.54 Å². The Kier molecular flexibility index (Phi) is 6.08. The number of nitrogens with zero attached hydrogens (tertiary/aromatic N) is 4. The fraction of sp³-hybridized carbons (Fsp3) is 0.467. The Labute approximate surface area is 156 Å². The van der Waals surface area contributed by atoms with Crippen LogP contribution in [-0.4, -0.2) is 33.3 Å². The van der Waals surface area contributed by atoms with E-state index >= 15 is 0 Å². The second-order valence-electron chi connectivity index (χ2n) is 5.71. The molecule has 1 fully saturated rings. The van der Waals surface area contributed by atoms with Crippen LogP contribution in [0.3, 0.4) is 0 Å². The zero-order valence-corrected chi connectivity index (χ0v) is 16.5. The van der Waals surface area contributed by atoms with E-state index in [-0.39, 0.29) is 24.0 Å². The van der Waals surface area contributed by atoms with Crippen molar-refractivity contribution in [3.8, 4) is 0 Å². The third-order valence-corrected chi connectivity index (χ3v) is 4.32. The highest BCUT2D eigenvalue weighted by molar-refractivity contribution is 14.0. The van der Waals surface area contributed by atoms with Gasteiger partial charge in [0.25, 0.3) is 0 Å². The molecule has 0 amide bonds. The van der Waals surface area contributed by atoms with Crippen molar-refractivity contribution < 1.29 is 0 Å². The lowest BCUT2D eigenvalue weighted by Crippen LogP contribution is -2.43. The van der Waals surface area contributed by atoms with Crippen LogP contribution in [0, 0.1) is 5.92 Å². The molecule has 0 saturated carbocycles. The zero-order valence-electron chi connectivity index (χ0n) is 12.6. The number of piperidine rings is 1. The van der Waals surface area contributed by atoms with Gasteiger partial charge in [0.1, 0.15) is 5.65 Å². The van der Waals surface area contributed by atoms with Crippen LogP contribution >= 0.6 is 39.9 Å². The molecule has 1 saturated heterocycles. The first kappa shape index (κ1) is 17.5. The Morgan fingerprint density at radius 2 is 2.27 bits per heavy atom. The highest BCUT2D eigenvalue weighted by Gasteiger charge is 2.17. The Bertz CT molecular complexity index is 669. The van der Waals surface area contributed by atoms with Crippen LogP contribution < -0.4 is 5.73 Å². The molecule has 0 aromatic carbocycles. The fourth-order valence-corrected chi connectivity index (χ4v) is 3.11. The minimum absolute atomic E-state index is 0. The summed E-state index contributed by atoms with van der Waals surface area (Å²) in [6, 6.07) is 3.96. The molecule has 5 nitrogen and oxygen atoms in total. The smallest absolute Gasteiger partial charge is 0.191 e. The molecule has 1 unspecified atom stereocenters. The summed E-state index contributed by atoms with van der Waals surface area (Å²) in [6.45, 7) is 4.81. The lowest BCUT2D eigenvalue weighted by molar-refractivity contribution is 0.270. The van der Waals surface area contributed by atoms with Crippen LogP contribution in [0.5, 0.6) is 0 Å². The number of nitrogens with two attached hydrogens (primary N) is 1. The number of hydrogen-bond acceptors (Lipinski definition) is 2. The number of imidazole rings is 1. The van der Waals surface area contributed by atoms with Gasteiger partial charge in [-0.2, -0.15) is 0 Å². The molecule has 0 bridgehead atoms. The second kappa shape index (κ2) is 7.63. The summed E-state index contributed by atoms with van der Waals surface area (Å²) in [7, 11) is 0. The van der Waals surface area contributed by atoms with E-state index in [1.807, 2.05) is 28.9 Å². The van der Waals surface area contributed by atoms with Crippen molar-refractivity contribution >= 4 is 51.5 Å². The fourth-order valence-electron chi connectivity index (χ4n) is 2.75. The summed E-state index contributed by atoms with van der Waals surface area (Å²) in [5.41, 5.74) is 7.97. The van der Waals surface area contributed by atoms with Gasteiger partial charge in [0.15, 0.2) is 5.96 Å². The van der Waals surface area contributed by atoms with Crippen molar-refractivity contribution in [1.29, 1.82) is 0 Å². The van der Waals surface area contributed by atoms with Gasteiger partial charge >= 0.3 is 0 Å². The SMILES string of the molecule is CC1CCCN(C(N)=NCc2cn3cc(Br)ccc3n2)C1.I. The molecule has 3 rings (SSSR count). The van der Waals surface area contributed by atoms with Gasteiger partial charge in [-0.15, -0.1) is 24.0 Å². The monoisotopic (exact) mass is 477 g/mol. The molecule has 7 heteroatoms. The lowest BCUT2D eigenvalue weighted by atomic mass is 10.0. The highest BCUT2D eigenvalue weighted by Crippen LogP contribution is 2.16. The molecule has 0 aliphatic carbocycles. The van der Waals surface area contributed by atoms with E-state index in [0.717, 1.165) is 28.9 Å². The maximum Gasteiger partial charge on any atom is 0.191 e. The number of fused-ring (bicyclic) bond motifs is 1. The minimum Gasteiger partial charge on any atom is -0.370 e. The Hall–Kier alpha value is -0.830. The van der Waals surface area contributed by atoms with Gasteiger partial charge in [0, 0.05) is 30.0 Å². The van der Waals surface area contributed by atoms with Crippen LogP contribution in [0.1, 0.15) is 25.5 Å². The first-order valence-corrected chi connectivity index (χ1v) is 8.09. The highest BCUT2D eigenvalue weighted by atomic mass is 127. The molecule has 2 N–H and O–H groups in total. The van der Waals surface area contributed by atoms with E-state index in [2.05, 4.69) is 37.7 Å². The normalized spacial score (nSPS) is 19.3. The van der Waals surface area contributed by atoms with Crippen molar-refractivity contribution in [3.63, 3.8) is 0 Å². The van der Waals surface area contributed by atoms with Crippen molar-refractivity contribution in [1.82, 2.24) is 14.3 Å². The number of guanidine groups is 1. The third kappa shape index (κ3) is 4.13. The van der Waals surface area contributed by atoms with Crippen LogP contribution in [0.25, 0.3) is 5.65 Å². The maximum atomic E-state index is 6.11. The molecule has 120 valence electrons. The second-order valence-corrected chi connectivity index (χ2v) is 6.63. The summed E-state index contributed by atoms with van der Waals surface area (Å²) >= 11 is 3.46. The standard InChI is InChI=1S/C15H20BrN5.HI/c1-11-3-2-6-20(8-11)15(17)18-7-13-10-21-9-12(16)4-5-14(21)19-13;/h4-5,9-11H,2-3,6-8H2,1H3,(H2,17,18);1H. The van der Waals surface area contributed by atoms with Crippen molar-refractivity contribution in [2.24, 2.45) is 16.6 Å². The first-order valence-electron chi connectivity index (χ1n) is 7.30. The van der Waals surface area contributed by atoms with Crippen molar-refractivity contribution in [3.05, 3.63) is 34.7 Å². The van der Waals surface area contributed by atoms with Crippen molar-refractivity contribution in [2.75, 3.05) is 13.1 Å². The van der Waals surface area contributed by atoms with Gasteiger partial charge in [0.05, 0.1) is 12.2 Å². The Balaban J connectivity index is 0.00000176. The molecular formula is C15H21BrIN5. The Morgan fingerprint density at radius 3 is 3.05 bits per heavy atom. The maximum absolute atomic E-state index is 6.11. The molecule has 1 atom stereocenters. The van der Waals surface area contributed by atoms with Gasteiger partial charge in [-0.1, -0.05) is 6.92 Å². The molecule has 3 heterocycles. The van der Waals surface area contributed by atoms with Crippen LogP contribution in [0.4, 0.5) is 0 Å². The molecule has 2 aromatic heterocycles. The van der Waals surface area contributed by atoms with Gasteiger partial charge in [-0.25, -0.2) is 9.98 Å². The average Bonchev–Trinajstić information content (AvgIpc) is 2.86. The molecule has 22 heavy (non-hydrogen) atoms. The average molecular weight is 478 g/mol. The molecule has 2 aromatic rings. The largest absolute Gasteiger partial charge is 0.370 e. The van der Waals surface area contributed by atoms with E-state index in [1.54, 1.807) is 0 Å². The van der Waals surface area contributed by atoms with Gasteiger partial charge in [-0.3, -0.25) is 0 Å². The van der Waals surface area contributed by atoms with Gasteiger partial charge in [-0.05, 0) is 46.8 Å². The first-order chi connectivity index (χ1) is 10.1. The van der Waals surface area contributed by atoms with Gasteiger partial charge < -0.3 is 15.0 Å². The number of aromatic nitrogens is 2. The number of aliphatic imine (C=N–C) groups is 1. The van der Waals surface area contributed by atoms with Crippen LogP contribution in [0.2, 0.25) is 0 Å². The summed E-state index contributed by atoms with van der Waals surface area (Å²) in [5, 5.41) is 0. The number of likely N-dealkylation sites (tertiary alicyclic amines) is 1. The Morgan fingerprint density at radius 1 is 1.45 bits per heavy atom. The number of pyridine rings is 1. The van der Waals surface area contributed by atoms with E-state index < -0.39 is 0 Å². The lowest BCUT2D eigenvalue weighted by Gasteiger charge is -2.31. The summed E-state index contributed by atoms with van der Waals surface area (Å²) in [5.74, 6) is 1.33. The van der Waals surface area contributed by atoms with E-state index in [1.165, 1.54) is 12.8 Å². The predicted octanol–water partition coefficient (Wildman–Crippen LogP) is 3.26. The number of hydrogen-bond donors (Lipinski definition) is 1. The predicted molar refractivity (Wildman–Crippen MR) is 104 cm³/mol. The third-order valence-electron chi connectivity index (χ3n) is 3.85. The number of rotatable bonds is 2. The van der Waals surface area contributed by atoms with E-state index in [4.69, 9.17) is 5.73 Å². The van der Waals surface area contributed by atoms with E-state index in [9.17, 15) is 0 Å². The zero-order chi connectivity index (χ0) is 14.8. The number of halogens is 2. The molecule has 0 radical (unpaired) electrons. The summed E-state index contributed by atoms with van der Waals surface area (Å²) < 4.78 is 3.03. The van der Waals surface area contributed by atoms with Crippen molar-refractivity contribution in [2.45, 2.75) is 26.3 Å². The quantitative estimate of drug-likeness (QED) is 0.410. The van der Waals surface area contributed by atoms with Crippen LogP contribution in [0.15, 0.2) is 34.0 Å². The molecule has 1 aliphatic heterocycles. The molecule has 1 aliphatic rings. The van der Waals surface area contributed by atoms with E-state index in [0.29, 0.717) is 18.4 Å². The molecular weight excluding hydrogens is 457 g/mol. The topological polar surface area (TPSA) is 58.9 Å². The minimum atomic E-state index is 0. The summed E-state index contributed by atoms with van der Waals surface area (Å²) in [6.07, 6.45) is 6.46. The summed E-state index contributed by atoms with van der Waals surface area (Å²) in [4.78, 5) is 11.2.